The van der Waals surface area contributed by atoms with Gasteiger partial charge in [-0.1, -0.05) is 0 Å². The summed E-state index contributed by atoms with van der Waals surface area (Å²) in [5, 5.41) is 2.87. The van der Waals surface area contributed by atoms with Crippen molar-refractivity contribution in [2.75, 3.05) is 27.9 Å². The third-order valence-corrected chi connectivity index (χ3v) is 3.28. The minimum absolute atomic E-state index is 0. The highest BCUT2D eigenvalue weighted by molar-refractivity contribution is 5.85. The highest BCUT2D eigenvalue weighted by Crippen LogP contribution is 2.32. The molecule has 1 rings (SSSR count). The normalized spacial score (nSPS) is 12.8. The number of ether oxygens (including phenoxy) is 3. The topological polar surface area (TPSA) is 82.8 Å². The van der Waals surface area contributed by atoms with E-state index in [0.29, 0.717) is 11.5 Å². The molecule has 2 unspecified atom stereocenters. The first-order valence-electron chi connectivity index (χ1n) is 6.72. The maximum absolute atomic E-state index is 11.9. The van der Waals surface area contributed by atoms with E-state index in [1.807, 2.05) is 26.0 Å². The number of carbonyl (C=O) groups excluding carboxylic acids is 1. The predicted molar refractivity (Wildman–Crippen MR) is 87.9 cm³/mol. The van der Waals surface area contributed by atoms with Gasteiger partial charge >= 0.3 is 0 Å². The zero-order chi connectivity index (χ0) is 16.0. The molecule has 0 bridgehead atoms. The van der Waals surface area contributed by atoms with Crippen LogP contribution in [0.3, 0.4) is 0 Å². The quantitative estimate of drug-likeness (QED) is 0.792. The number of nitrogens with two attached hydrogens (primary N) is 1. The molecule has 0 aliphatic carbocycles. The molecule has 0 aromatic heterocycles. The average molecular weight is 333 g/mol. The highest BCUT2D eigenvalue weighted by Gasteiger charge is 2.19. The first-order chi connectivity index (χ1) is 9.94. The van der Waals surface area contributed by atoms with Gasteiger partial charge < -0.3 is 25.3 Å². The van der Waals surface area contributed by atoms with Crippen molar-refractivity contribution in [2.45, 2.75) is 25.9 Å². The number of hydrogen-bond donors (Lipinski definition) is 2. The van der Waals surface area contributed by atoms with E-state index in [1.165, 1.54) is 7.11 Å². The summed E-state index contributed by atoms with van der Waals surface area (Å²) in [5.41, 5.74) is 7.66. The molecule has 0 saturated heterocycles. The Labute approximate surface area is 137 Å². The summed E-state index contributed by atoms with van der Waals surface area (Å²) in [6.07, 6.45) is 0. The second kappa shape index (κ2) is 9.50. The number of rotatable bonds is 7. The van der Waals surface area contributed by atoms with Gasteiger partial charge in [0.25, 0.3) is 0 Å². The largest absolute Gasteiger partial charge is 0.493 e. The van der Waals surface area contributed by atoms with Gasteiger partial charge in [-0.15, -0.1) is 12.4 Å². The molecule has 0 radical (unpaired) electrons. The van der Waals surface area contributed by atoms with E-state index in [4.69, 9.17) is 19.9 Å². The molecule has 0 aliphatic rings. The Balaban J connectivity index is 0.00000441. The van der Waals surface area contributed by atoms with E-state index in [2.05, 4.69) is 5.32 Å². The smallest absolute Gasteiger partial charge is 0.239 e. The van der Waals surface area contributed by atoms with Gasteiger partial charge in [0, 0.05) is 7.11 Å². The second-order valence-corrected chi connectivity index (χ2v) is 4.86. The molecular formula is C15H25ClN2O4. The predicted octanol–water partition coefficient (Wildman–Crippen LogP) is 1.58. The standard InChI is InChI=1S/C15H24N2O4.ClH/c1-9-6-13(20-4)14(21-5)7-11(9)10(2)17-15(18)12(16)8-19-3;/h6-7,10,12H,8,16H2,1-5H3,(H,17,18);1H. The van der Waals surface area contributed by atoms with Crippen LogP contribution in [0.2, 0.25) is 0 Å². The molecule has 22 heavy (non-hydrogen) atoms. The van der Waals surface area contributed by atoms with Crippen LogP contribution in [0.15, 0.2) is 12.1 Å². The fourth-order valence-electron chi connectivity index (χ4n) is 2.12. The van der Waals surface area contributed by atoms with Gasteiger partial charge in [0.05, 0.1) is 26.9 Å². The molecule has 6 nitrogen and oxygen atoms in total. The van der Waals surface area contributed by atoms with Gasteiger partial charge in [0.1, 0.15) is 6.04 Å². The third kappa shape index (κ3) is 5.05. The van der Waals surface area contributed by atoms with Crippen molar-refractivity contribution in [3.8, 4) is 11.5 Å². The number of halogens is 1. The molecule has 1 aromatic rings. The fourth-order valence-corrected chi connectivity index (χ4v) is 2.12. The van der Waals surface area contributed by atoms with Crippen LogP contribution in [0, 0.1) is 6.92 Å². The van der Waals surface area contributed by atoms with Crippen molar-refractivity contribution in [3.05, 3.63) is 23.3 Å². The number of benzene rings is 1. The van der Waals surface area contributed by atoms with Gasteiger partial charge in [0.2, 0.25) is 5.91 Å². The van der Waals surface area contributed by atoms with Crippen molar-refractivity contribution in [1.82, 2.24) is 5.32 Å². The van der Waals surface area contributed by atoms with Crippen LogP contribution in [0.1, 0.15) is 24.1 Å². The number of nitrogens with one attached hydrogen (secondary N) is 1. The van der Waals surface area contributed by atoms with Gasteiger partial charge in [-0.2, -0.15) is 0 Å². The number of methoxy groups -OCH3 is 3. The van der Waals surface area contributed by atoms with Crippen molar-refractivity contribution in [3.63, 3.8) is 0 Å². The lowest BCUT2D eigenvalue weighted by Gasteiger charge is -2.20. The molecule has 1 amide bonds. The lowest BCUT2D eigenvalue weighted by molar-refractivity contribution is -0.124. The molecule has 0 fully saturated rings. The van der Waals surface area contributed by atoms with Crippen molar-refractivity contribution in [1.29, 1.82) is 0 Å². The van der Waals surface area contributed by atoms with Crippen LogP contribution in [0.25, 0.3) is 0 Å². The zero-order valence-electron chi connectivity index (χ0n) is 13.6. The lowest BCUT2D eigenvalue weighted by Crippen LogP contribution is -2.44. The van der Waals surface area contributed by atoms with Crippen molar-refractivity contribution in [2.24, 2.45) is 5.73 Å². The van der Waals surface area contributed by atoms with Crippen LogP contribution in [0.5, 0.6) is 11.5 Å². The zero-order valence-corrected chi connectivity index (χ0v) is 14.5. The van der Waals surface area contributed by atoms with E-state index in [-0.39, 0.29) is 31.0 Å². The van der Waals surface area contributed by atoms with E-state index in [9.17, 15) is 4.79 Å². The molecule has 126 valence electrons. The monoisotopic (exact) mass is 332 g/mol. The molecule has 2 atom stereocenters. The number of aryl methyl sites for hydroxylation is 1. The Hall–Kier alpha value is -1.50. The maximum Gasteiger partial charge on any atom is 0.239 e. The van der Waals surface area contributed by atoms with E-state index >= 15 is 0 Å². The van der Waals surface area contributed by atoms with Crippen LogP contribution in [0.4, 0.5) is 0 Å². The Kier molecular flexibility index (Phi) is 8.86. The van der Waals surface area contributed by atoms with Crippen molar-refractivity contribution < 1.29 is 19.0 Å². The first kappa shape index (κ1) is 20.5. The van der Waals surface area contributed by atoms with Crippen LogP contribution < -0.4 is 20.5 Å². The summed E-state index contributed by atoms with van der Waals surface area (Å²) in [6, 6.07) is 2.87. The van der Waals surface area contributed by atoms with E-state index < -0.39 is 6.04 Å². The molecule has 0 heterocycles. The van der Waals surface area contributed by atoms with E-state index in [1.54, 1.807) is 14.2 Å². The molecule has 3 N–H and O–H groups in total. The number of carbonyl (C=O) groups is 1. The Morgan fingerprint density at radius 2 is 1.77 bits per heavy atom. The summed E-state index contributed by atoms with van der Waals surface area (Å²) < 4.78 is 15.4. The summed E-state index contributed by atoms with van der Waals surface area (Å²) in [7, 11) is 4.68. The Morgan fingerprint density at radius 3 is 2.27 bits per heavy atom. The number of amides is 1. The lowest BCUT2D eigenvalue weighted by atomic mass is 10.0. The van der Waals surface area contributed by atoms with Gasteiger partial charge in [-0.3, -0.25) is 4.79 Å². The fraction of sp³-hybridized carbons (Fsp3) is 0.533. The van der Waals surface area contributed by atoms with Crippen LogP contribution >= 0.6 is 12.4 Å². The second-order valence-electron chi connectivity index (χ2n) is 4.86. The summed E-state index contributed by atoms with van der Waals surface area (Å²) >= 11 is 0. The summed E-state index contributed by atoms with van der Waals surface area (Å²) in [5.74, 6) is 1.03. The van der Waals surface area contributed by atoms with Gasteiger partial charge in [0.15, 0.2) is 11.5 Å². The minimum Gasteiger partial charge on any atom is -0.493 e. The van der Waals surface area contributed by atoms with Gasteiger partial charge in [-0.25, -0.2) is 0 Å². The van der Waals surface area contributed by atoms with Crippen molar-refractivity contribution >= 4 is 18.3 Å². The van der Waals surface area contributed by atoms with Crippen LogP contribution in [-0.2, 0) is 9.53 Å². The van der Waals surface area contributed by atoms with Crippen LogP contribution in [-0.4, -0.2) is 39.9 Å². The highest BCUT2D eigenvalue weighted by atomic mass is 35.5. The summed E-state index contributed by atoms with van der Waals surface area (Å²) in [6.45, 7) is 4.03. The molecule has 0 aliphatic heterocycles. The molecule has 1 aromatic carbocycles. The molecular weight excluding hydrogens is 308 g/mol. The minimum atomic E-state index is -0.682. The molecule has 0 spiro atoms. The Bertz CT molecular complexity index is 497. The van der Waals surface area contributed by atoms with E-state index in [0.717, 1.165) is 11.1 Å². The maximum atomic E-state index is 11.9. The molecule has 7 heteroatoms. The average Bonchev–Trinajstić information content (AvgIpc) is 2.46. The summed E-state index contributed by atoms with van der Waals surface area (Å²) in [4.78, 5) is 11.9. The molecule has 0 saturated carbocycles. The van der Waals surface area contributed by atoms with Gasteiger partial charge in [-0.05, 0) is 37.1 Å². The SMILES string of the molecule is COCC(N)C(=O)NC(C)c1cc(OC)c(OC)cc1C.Cl. The first-order valence-corrected chi connectivity index (χ1v) is 6.72. The Morgan fingerprint density at radius 1 is 1.23 bits per heavy atom. The number of hydrogen-bond acceptors (Lipinski definition) is 5. The third-order valence-electron chi connectivity index (χ3n) is 3.28.